The number of methoxy groups -OCH3 is 4. The Morgan fingerprint density at radius 1 is 1.00 bits per heavy atom. The number of Topliss-reactive ketones (excluding diaryl/α,β-unsaturated/α-hetero) is 1. The van der Waals surface area contributed by atoms with Crippen LogP contribution in [0.5, 0.6) is 5.75 Å². The van der Waals surface area contributed by atoms with Crippen molar-refractivity contribution in [1.82, 2.24) is 0 Å². The number of ether oxygens (including phenoxy) is 4. The Hall–Kier alpha value is -1.63. The summed E-state index contributed by atoms with van der Waals surface area (Å²) in [4.78, 5) is 13.4. The van der Waals surface area contributed by atoms with E-state index in [9.17, 15) is 4.79 Å². The number of benzene rings is 1. The van der Waals surface area contributed by atoms with Crippen LogP contribution < -0.4 is 4.74 Å². The summed E-state index contributed by atoms with van der Waals surface area (Å²) in [7, 11) is 6.25. The smallest absolute Gasteiger partial charge is 0.196 e. The average Bonchev–Trinajstić information content (AvgIpc) is 2.61. The Bertz CT molecular complexity index is 736. The topological polar surface area (TPSA) is 54.0 Å². The third-order valence-electron chi connectivity index (χ3n) is 4.42. The van der Waals surface area contributed by atoms with E-state index in [1.807, 2.05) is 26.0 Å². The highest BCUT2D eigenvalue weighted by atomic mass is 79.9. The molecule has 0 aromatic heterocycles. The standard InChI is InChI=1S/C19H23BrO5/c1-10-9-14(23-4)18(24-5)19(25-6)15(10)17(21)16-11(2)12(20)7-8-13(16)22-3/h7-9,18-19H,1-6H3. The fourth-order valence-electron chi connectivity index (χ4n) is 3.11. The molecule has 25 heavy (non-hydrogen) atoms. The molecule has 0 saturated carbocycles. The van der Waals surface area contributed by atoms with Crippen LogP contribution in [0.15, 0.2) is 39.6 Å². The van der Waals surface area contributed by atoms with Crippen molar-refractivity contribution in [3.8, 4) is 5.75 Å². The van der Waals surface area contributed by atoms with Gasteiger partial charge in [-0.15, -0.1) is 0 Å². The lowest BCUT2D eigenvalue weighted by Gasteiger charge is -2.32. The molecular weight excluding hydrogens is 388 g/mol. The molecule has 2 atom stereocenters. The van der Waals surface area contributed by atoms with Crippen molar-refractivity contribution in [2.45, 2.75) is 26.1 Å². The van der Waals surface area contributed by atoms with E-state index in [4.69, 9.17) is 18.9 Å². The van der Waals surface area contributed by atoms with E-state index in [2.05, 4.69) is 15.9 Å². The molecule has 2 unspecified atom stereocenters. The molecule has 6 heteroatoms. The molecular formula is C19H23BrO5. The van der Waals surface area contributed by atoms with Crippen molar-refractivity contribution in [1.29, 1.82) is 0 Å². The predicted molar refractivity (Wildman–Crippen MR) is 99.1 cm³/mol. The number of hydrogen-bond donors (Lipinski definition) is 0. The van der Waals surface area contributed by atoms with Gasteiger partial charge < -0.3 is 18.9 Å². The highest BCUT2D eigenvalue weighted by molar-refractivity contribution is 9.10. The molecule has 0 N–H and O–H groups in total. The first-order chi connectivity index (χ1) is 11.9. The zero-order valence-electron chi connectivity index (χ0n) is 15.3. The van der Waals surface area contributed by atoms with Gasteiger partial charge in [-0.05, 0) is 43.2 Å². The van der Waals surface area contributed by atoms with E-state index in [0.717, 1.165) is 15.6 Å². The van der Waals surface area contributed by atoms with Gasteiger partial charge in [0.15, 0.2) is 5.78 Å². The van der Waals surface area contributed by atoms with Crippen molar-refractivity contribution in [2.24, 2.45) is 0 Å². The van der Waals surface area contributed by atoms with Crippen LogP contribution in [-0.2, 0) is 14.2 Å². The Labute approximate surface area is 156 Å². The molecule has 1 aliphatic carbocycles. The summed E-state index contributed by atoms with van der Waals surface area (Å²) in [5.41, 5.74) is 2.64. The van der Waals surface area contributed by atoms with E-state index in [1.165, 1.54) is 0 Å². The Kier molecular flexibility index (Phi) is 6.43. The summed E-state index contributed by atoms with van der Waals surface area (Å²) in [6.45, 7) is 3.74. The fourth-order valence-corrected chi connectivity index (χ4v) is 3.44. The van der Waals surface area contributed by atoms with Crippen molar-refractivity contribution in [3.63, 3.8) is 0 Å². The molecule has 0 amide bonds. The number of carbonyl (C=O) groups excluding carboxylic acids is 1. The molecule has 2 rings (SSSR count). The molecule has 0 fully saturated rings. The molecule has 1 aliphatic rings. The van der Waals surface area contributed by atoms with Crippen LogP contribution >= 0.6 is 15.9 Å². The van der Waals surface area contributed by atoms with Gasteiger partial charge in [0.2, 0.25) is 0 Å². The third kappa shape index (κ3) is 3.52. The minimum atomic E-state index is -0.569. The minimum Gasteiger partial charge on any atom is -0.498 e. The predicted octanol–water partition coefficient (Wildman–Crippen LogP) is 3.84. The second kappa shape index (κ2) is 8.17. The Morgan fingerprint density at radius 3 is 2.16 bits per heavy atom. The maximum atomic E-state index is 13.4. The molecule has 0 saturated heterocycles. The SMILES string of the molecule is COC1=CC(C)=C(C(=O)c2c(OC)ccc(Br)c2C)C(OC)C1OC. The van der Waals surface area contributed by atoms with E-state index < -0.39 is 12.2 Å². The number of allylic oxidation sites excluding steroid dienone is 2. The zero-order chi connectivity index (χ0) is 18.7. The highest BCUT2D eigenvalue weighted by Gasteiger charge is 2.38. The van der Waals surface area contributed by atoms with Crippen molar-refractivity contribution in [2.75, 3.05) is 28.4 Å². The van der Waals surface area contributed by atoms with E-state index in [1.54, 1.807) is 34.5 Å². The Balaban J connectivity index is 2.65. The number of hydrogen-bond acceptors (Lipinski definition) is 5. The van der Waals surface area contributed by atoms with Gasteiger partial charge in [-0.3, -0.25) is 4.79 Å². The van der Waals surface area contributed by atoms with Crippen LogP contribution in [-0.4, -0.2) is 46.4 Å². The molecule has 0 spiro atoms. The first kappa shape index (κ1) is 19.7. The number of ketones is 1. The molecule has 5 nitrogen and oxygen atoms in total. The summed E-state index contributed by atoms with van der Waals surface area (Å²) in [5.74, 6) is 1.01. The third-order valence-corrected chi connectivity index (χ3v) is 5.28. The van der Waals surface area contributed by atoms with Crippen LogP contribution in [0.2, 0.25) is 0 Å². The normalized spacial score (nSPS) is 20.4. The van der Waals surface area contributed by atoms with Crippen molar-refractivity contribution in [3.05, 3.63) is 50.7 Å². The summed E-state index contributed by atoms with van der Waals surface area (Å²) >= 11 is 3.48. The zero-order valence-corrected chi connectivity index (χ0v) is 16.9. The molecule has 0 aliphatic heterocycles. The van der Waals surface area contributed by atoms with Gasteiger partial charge in [0.1, 0.15) is 23.7 Å². The largest absolute Gasteiger partial charge is 0.498 e. The maximum absolute atomic E-state index is 13.4. The van der Waals surface area contributed by atoms with Crippen LogP contribution in [0.25, 0.3) is 0 Å². The quantitative estimate of drug-likeness (QED) is 0.666. The summed E-state index contributed by atoms with van der Waals surface area (Å²) in [6, 6.07) is 3.64. The van der Waals surface area contributed by atoms with Crippen LogP contribution in [0.3, 0.4) is 0 Å². The lowest BCUT2D eigenvalue weighted by atomic mass is 9.85. The van der Waals surface area contributed by atoms with E-state index in [0.29, 0.717) is 22.6 Å². The van der Waals surface area contributed by atoms with Gasteiger partial charge in [-0.25, -0.2) is 0 Å². The molecule has 1 aromatic carbocycles. The lowest BCUT2D eigenvalue weighted by molar-refractivity contribution is -0.0240. The van der Waals surface area contributed by atoms with Crippen molar-refractivity contribution < 1.29 is 23.7 Å². The van der Waals surface area contributed by atoms with Crippen molar-refractivity contribution >= 4 is 21.7 Å². The fraction of sp³-hybridized carbons (Fsp3) is 0.421. The van der Waals surface area contributed by atoms with Crippen LogP contribution in [0.4, 0.5) is 0 Å². The van der Waals surface area contributed by atoms with Crippen LogP contribution in [0.1, 0.15) is 22.8 Å². The monoisotopic (exact) mass is 410 g/mol. The van der Waals surface area contributed by atoms with E-state index in [-0.39, 0.29) is 5.78 Å². The molecule has 1 aromatic rings. The summed E-state index contributed by atoms with van der Waals surface area (Å²) in [6.07, 6.45) is 0.758. The summed E-state index contributed by atoms with van der Waals surface area (Å²) in [5, 5.41) is 0. The lowest BCUT2D eigenvalue weighted by Crippen LogP contribution is -2.39. The highest BCUT2D eigenvalue weighted by Crippen LogP contribution is 2.36. The van der Waals surface area contributed by atoms with Gasteiger partial charge in [-0.1, -0.05) is 15.9 Å². The van der Waals surface area contributed by atoms with Gasteiger partial charge in [0.05, 0.1) is 19.8 Å². The first-order valence-corrected chi connectivity index (χ1v) is 8.60. The number of halogens is 1. The van der Waals surface area contributed by atoms with Gasteiger partial charge in [0.25, 0.3) is 0 Å². The number of carbonyl (C=O) groups is 1. The second-order valence-corrected chi connectivity index (χ2v) is 6.59. The molecule has 0 radical (unpaired) electrons. The Morgan fingerprint density at radius 2 is 1.64 bits per heavy atom. The first-order valence-electron chi connectivity index (χ1n) is 7.80. The van der Waals surface area contributed by atoms with Crippen LogP contribution in [0, 0.1) is 6.92 Å². The molecule has 0 bridgehead atoms. The minimum absolute atomic E-state index is 0.145. The van der Waals surface area contributed by atoms with Gasteiger partial charge >= 0.3 is 0 Å². The molecule has 0 heterocycles. The van der Waals surface area contributed by atoms with Gasteiger partial charge in [-0.2, -0.15) is 0 Å². The second-order valence-electron chi connectivity index (χ2n) is 5.74. The summed E-state index contributed by atoms with van der Waals surface area (Å²) < 4.78 is 22.8. The molecule has 136 valence electrons. The van der Waals surface area contributed by atoms with Gasteiger partial charge in [0, 0.05) is 24.3 Å². The average molecular weight is 411 g/mol. The maximum Gasteiger partial charge on any atom is 0.196 e. The number of rotatable bonds is 6. The van der Waals surface area contributed by atoms with E-state index >= 15 is 0 Å².